The number of hydrogen-bond acceptors (Lipinski definition) is 3. The quantitative estimate of drug-likeness (QED) is 0.601. The number of rotatable bonds is 2. The van der Waals surface area contributed by atoms with E-state index in [0.717, 1.165) is 10.9 Å². The first-order chi connectivity index (χ1) is 7.24. The molecule has 0 spiro atoms. The van der Waals surface area contributed by atoms with Crippen molar-refractivity contribution >= 4 is 39.9 Å². The van der Waals surface area contributed by atoms with Crippen molar-refractivity contribution in [3.05, 3.63) is 30.0 Å². The summed E-state index contributed by atoms with van der Waals surface area (Å²) in [4.78, 5) is 17.5. The maximum absolute atomic E-state index is 10.9. The number of H-pyrrole nitrogens is 1. The number of aromatic carboxylic acids is 1. The Kier molecular flexibility index (Phi) is 2.33. The Balaban J connectivity index is 2.85. The van der Waals surface area contributed by atoms with Crippen LogP contribution in [0.5, 0.6) is 0 Å². The molecule has 0 saturated heterocycles. The zero-order valence-corrected chi connectivity index (χ0v) is 8.34. The first-order valence-electron chi connectivity index (χ1n) is 4.16. The number of hydrogen-bond donors (Lipinski definition) is 2. The fraction of sp³-hybridized carbons (Fsp3) is 0. The molecule has 0 aliphatic rings. The number of fused-ring (bicyclic) bond motifs is 1. The first kappa shape index (κ1) is 9.58. The zero-order valence-electron chi connectivity index (χ0n) is 7.52. The van der Waals surface area contributed by atoms with E-state index < -0.39 is 5.97 Å². The highest BCUT2D eigenvalue weighted by Crippen LogP contribution is 2.29. The van der Waals surface area contributed by atoms with Crippen LogP contribution in [0.3, 0.4) is 0 Å². The Bertz CT molecular complexity index is 582. The number of carboxylic acids is 1. The second-order valence-electron chi connectivity index (χ2n) is 2.90. The molecular formula is C10H6N2O2S. The van der Waals surface area contributed by atoms with Gasteiger partial charge in [-0.15, -0.1) is 0 Å². The minimum absolute atomic E-state index is 0.0357. The second kappa shape index (κ2) is 3.65. The predicted octanol–water partition coefficient (Wildman–Crippen LogP) is 2.60. The molecule has 1 aromatic carbocycles. The summed E-state index contributed by atoms with van der Waals surface area (Å²) in [5.41, 5.74) is 1.08. The number of carbonyl (C=O) groups is 1. The van der Waals surface area contributed by atoms with E-state index in [2.05, 4.69) is 27.4 Å². The normalized spacial score (nSPS) is 9.87. The summed E-state index contributed by atoms with van der Waals surface area (Å²) in [5.74, 6) is -1.06. The molecule has 5 heteroatoms. The van der Waals surface area contributed by atoms with Crippen LogP contribution < -0.4 is 0 Å². The number of carboxylic acid groups (broad SMARTS) is 1. The molecule has 0 fully saturated rings. The lowest BCUT2D eigenvalue weighted by Gasteiger charge is -1.90. The van der Waals surface area contributed by atoms with E-state index in [4.69, 9.17) is 5.11 Å². The average molecular weight is 218 g/mol. The van der Waals surface area contributed by atoms with Gasteiger partial charge in [0.1, 0.15) is 5.69 Å². The molecule has 0 atom stereocenters. The fourth-order valence-corrected chi connectivity index (χ4v) is 1.53. The number of nitrogens with one attached hydrogen (secondary N) is 1. The smallest absolute Gasteiger partial charge is 0.354 e. The van der Waals surface area contributed by atoms with Crippen LogP contribution in [0.25, 0.3) is 10.9 Å². The summed E-state index contributed by atoms with van der Waals surface area (Å²) < 4.78 is 0. The maximum atomic E-state index is 10.9. The highest BCUT2D eigenvalue weighted by Gasteiger charge is 2.15. The summed E-state index contributed by atoms with van der Waals surface area (Å²) >= 11 is 4.49. The van der Waals surface area contributed by atoms with Crippen LogP contribution in [0.2, 0.25) is 0 Å². The van der Waals surface area contributed by atoms with Crippen LogP contribution in [0.15, 0.2) is 29.3 Å². The molecule has 4 nitrogen and oxygen atoms in total. The standard InChI is InChI=1S/C10H6N2O2S/c13-10(14)9-8(11-5-15)6-3-1-2-4-7(6)12-9/h1-4,12H,(H,13,14). The van der Waals surface area contributed by atoms with Crippen molar-refractivity contribution in [3.63, 3.8) is 0 Å². The molecule has 2 rings (SSSR count). The molecule has 0 unspecified atom stereocenters. The van der Waals surface area contributed by atoms with Gasteiger partial charge in [-0.3, -0.25) is 0 Å². The number of para-hydroxylation sites is 1. The molecule has 2 N–H and O–H groups in total. The fourth-order valence-electron chi connectivity index (χ4n) is 1.44. The molecule has 15 heavy (non-hydrogen) atoms. The van der Waals surface area contributed by atoms with Gasteiger partial charge in [0.2, 0.25) is 0 Å². The van der Waals surface area contributed by atoms with Crippen molar-refractivity contribution in [2.75, 3.05) is 0 Å². The number of benzene rings is 1. The summed E-state index contributed by atoms with van der Waals surface area (Å²) in [7, 11) is 0. The van der Waals surface area contributed by atoms with E-state index >= 15 is 0 Å². The summed E-state index contributed by atoms with van der Waals surface area (Å²) in [5, 5.41) is 11.9. The van der Waals surface area contributed by atoms with Gasteiger partial charge in [0.25, 0.3) is 0 Å². The molecule has 0 aliphatic heterocycles. The van der Waals surface area contributed by atoms with Crippen molar-refractivity contribution in [1.29, 1.82) is 0 Å². The third-order valence-electron chi connectivity index (χ3n) is 2.05. The summed E-state index contributed by atoms with van der Waals surface area (Å²) in [6.07, 6.45) is 0. The van der Waals surface area contributed by atoms with Crippen LogP contribution in [0.1, 0.15) is 10.5 Å². The van der Waals surface area contributed by atoms with E-state index in [-0.39, 0.29) is 5.69 Å². The van der Waals surface area contributed by atoms with Gasteiger partial charge in [0.15, 0.2) is 5.69 Å². The van der Waals surface area contributed by atoms with Crippen molar-refractivity contribution < 1.29 is 9.90 Å². The lowest BCUT2D eigenvalue weighted by atomic mass is 10.2. The minimum Gasteiger partial charge on any atom is -0.477 e. The van der Waals surface area contributed by atoms with Crippen LogP contribution in [-0.2, 0) is 0 Å². The molecule has 0 saturated carbocycles. The number of isothiocyanates is 1. The molecule has 1 aromatic heterocycles. The largest absolute Gasteiger partial charge is 0.477 e. The molecule has 0 bridgehead atoms. The van der Waals surface area contributed by atoms with E-state index in [9.17, 15) is 4.79 Å². The predicted molar refractivity (Wildman–Crippen MR) is 59.9 cm³/mol. The first-order valence-corrected chi connectivity index (χ1v) is 4.56. The van der Waals surface area contributed by atoms with Gasteiger partial charge in [-0.1, -0.05) is 18.2 Å². The summed E-state index contributed by atoms with van der Waals surface area (Å²) in [6.45, 7) is 0. The third-order valence-corrected chi connectivity index (χ3v) is 2.14. The van der Waals surface area contributed by atoms with Gasteiger partial charge in [-0.2, -0.15) is 4.99 Å². The van der Waals surface area contributed by atoms with Gasteiger partial charge in [0, 0.05) is 10.9 Å². The lowest BCUT2D eigenvalue weighted by Crippen LogP contribution is -1.95. The SMILES string of the molecule is O=C(O)c1[nH]c2ccccc2c1N=C=S. The molecule has 2 aromatic rings. The minimum atomic E-state index is -1.06. The number of aromatic nitrogens is 1. The average Bonchev–Trinajstić information content (AvgIpc) is 2.58. The summed E-state index contributed by atoms with van der Waals surface area (Å²) in [6, 6.07) is 7.19. The molecule has 0 radical (unpaired) electrons. The van der Waals surface area contributed by atoms with E-state index in [1.807, 2.05) is 12.1 Å². The van der Waals surface area contributed by atoms with Crippen LogP contribution in [0.4, 0.5) is 5.69 Å². The monoisotopic (exact) mass is 218 g/mol. The second-order valence-corrected chi connectivity index (χ2v) is 3.09. The highest BCUT2D eigenvalue weighted by molar-refractivity contribution is 7.78. The third kappa shape index (κ3) is 1.54. The van der Waals surface area contributed by atoms with Crippen LogP contribution >= 0.6 is 12.2 Å². The number of aliphatic imine (C=N–C) groups is 1. The molecule has 0 amide bonds. The van der Waals surface area contributed by atoms with Crippen molar-refractivity contribution in [2.45, 2.75) is 0 Å². The van der Waals surface area contributed by atoms with Crippen LogP contribution in [-0.4, -0.2) is 21.2 Å². The zero-order chi connectivity index (χ0) is 10.8. The van der Waals surface area contributed by atoms with E-state index in [0.29, 0.717) is 5.69 Å². The Morgan fingerprint density at radius 2 is 2.20 bits per heavy atom. The van der Waals surface area contributed by atoms with Crippen molar-refractivity contribution in [2.24, 2.45) is 4.99 Å². The number of thiocarbonyl (C=S) groups is 1. The van der Waals surface area contributed by atoms with Crippen molar-refractivity contribution in [3.8, 4) is 0 Å². The molecule has 0 aliphatic carbocycles. The number of aromatic amines is 1. The molecular weight excluding hydrogens is 212 g/mol. The maximum Gasteiger partial charge on any atom is 0.354 e. The van der Waals surface area contributed by atoms with E-state index in [1.165, 1.54) is 0 Å². The van der Waals surface area contributed by atoms with Gasteiger partial charge in [0.05, 0.1) is 5.16 Å². The lowest BCUT2D eigenvalue weighted by molar-refractivity contribution is 0.0692. The van der Waals surface area contributed by atoms with Crippen molar-refractivity contribution in [1.82, 2.24) is 4.98 Å². The van der Waals surface area contributed by atoms with Gasteiger partial charge in [-0.05, 0) is 18.3 Å². The van der Waals surface area contributed by atoms with E-state index in [1.54, 1.807) is 12.1 Å². The van der Waals surface area contributed by atoms with Gasteiger partial charge < -0.3 is 10.1 Å². The topological polar surface area (TPSA) is 65.4 Å². The Hall–Kier alpha value is -1.97. The van der Waals surface area contributed by atoms with Gasteiger partial charge >= 0.3 is 5.97 Å². The number of nitrogens with zero attached hydrogens (tertiary/aromatic N) is 1. The Labute approximate surface area is 90.3 Å². The van der Waals surface area contributed by atoms with Gasteiger partial charge in [-0.25, -0.2) is 4.79 Å². The highest BCUT2D eigenvalue weighted by atomic mass is 32.1. The molecule has 1 heterocycles. The molecule has 74 valence electrons. The Morgan fingerprint density at radius 1 is 1.47 bits per heavy atom. The Morgan fingerprint density at radius 3 is 2.87 bits per heavy atom. The van der Waals surface area contributed by atoms with Crippen LogP contribution in [0, 0.1) is 0 Å².